The number of rotatable bonds is 10. The SMILES string of the molecule is CC(O)N1CCN(CCCN2c3ccccc3Sc3ccc(C(C)(C)C)cc32)CC1.CC(O)N1CCN(CCCN2c3ccccc3Sc3ccc(C(C)(C)C)cc32)CC1.Cl.Cl.Cl.Cl.O. The molecule has 0 radical (unpaired) electrons. The average molecular weight is 1020 g/mol. The van der Waals surface area contributed by atoms with Crippen LogP contribution in [-0.4, -0.2) is 126 Å². The molecule has 2 atom stereocenters. The lowest BCUT2D eigenvalue weighted by atomic mass is 9.86. The van der Waals surface area contributed by atoms with Crippen LogP contribution >= 0.6 is 73.2 Å². The molecule has 2 saturated heterocycles. The Kier molecular flexibility index (Phi) is 23.8. The highest BCUT2D eigenvalue weighted by Crippen LogP contribution is 2.50. The molecule has 4 heterocycles. The molecule has 0 spiro atoms. The zero-order valence-electron chi connectivity index (χ0n) is 39.7. The van der Waals surface area contributed by atoms with Crippen LogP contribution in [-0.2, 0) is 10.8 Å². The van der Waals surface area contributed by atoms with Crippen LogP contribution in [0.1, 0.15) is 79.4 Å². The van der Waals surface area contributed by atoms with Crippen molar-refractivity contribution in [2.75, 3.05) is 88.3 Å². The van der Waals surface area contributed by atoms with E-state index in [1.54, 1.807) is 0 Å². The van der Waals surface area contributed by atoms with Crippen molar-refractivity contribution >= 4 is 95.9 Å². The molecule has 4 aliphatic heterocycles. The van der Waals surface area contributed by atoms with E-state index in [2.05, 4.69) is 156 Å². The molecule has 0 saturated carbocycles. The number of nitrogens with zero attached hydrogens (tertiary/aromatic N) is 6. The van der Waals surface area contributed by atoms with Crippen molar-refractivity contribution in [2.24, 2.45) is 0 Å². The molecule has 2 unspecified atom stereocenters. The zero-order chi connectivity index (χ0) is 42.6. The lowest BCUT2D eigenvalue weighted by Crippen LogP contribution is -2.49. The third kappa shape index (κ3) is 15.0. The predicted octanol–water partition coefficient (Wildman–Crippen LogP) is 10.7. The maximum atomic E-state index is 9.77. The highest BCUT2D eigenvalue weighted by molar-refractivity contribution is 8.00. The maximum absolute atomic E-state index is 9.77. The number of benzene rings is 4. The Morgan fingerprint density at radius 3 is 1.11 bits per heavy atom. The summed E-state index contributed by atoms with van der Waals surface area (Å²) in [5.74, 6) is 0. The van der Waals surface area contributed by atoms with E-state index in [9.17, 15) is 10.2 Å². The first-order valence-corrected chi connectivity index (χ1v) is 24.0. The number of hydrogen-bond acceptors (Lipinski definition) is 10. The Morgan fingerprint density at radius 2 is 0.785 bits per heavy atom. The molecule has 8 rings (SSSR count). The van der Waals surface area contributed by atoms with Crippen LogP contribution < -0.4 is 9.80 Å². The average Bonchev–Trinajstić information content (AvgIpc) is 3.22. The fourth-order valence-electron chi connectivity index (χ4n) is 8.70. The molecule has 65 heavy (non-hydrogen) atoms. The second-order valence-corrected chi connectivity index (χ2v) is 21.2. The summed E-state index contributed by atoms with van der Waals surface area (Å²) in [6.45, 7) is 29.7. The van der Waals surface area contributed by atoms with Gasteiger partial charge in [-0.15, -0.1) is 49.6 Å². The monoisotopic (exact) mass is 1010 g/mol. The molecule has 4 aromatic carbocycles. The number of halogens is 4. The van der Waals surface area contributed by atoms with Crippen molar-refractivity contribution in [1.29, 1.82) is 0 Å². The molecule has 0 aliphatic carbocycles. The van der Waals surface area contributed by atoms with E-state index >= 15 is 0 Å². The first-order chi connectivity index (χ1) is 28.7. The van der Waals surface area contributed by atoms with Gasteiger partial charge in [-0.05, 0) is 110 Å². The van der Waals surface area contributed by atoms with Gasteiger partial charge in [-0.25, -0.2) is 0 Å². The molecular weight excluding hydrogens is 939 g/mol. The van der Waals surface area contributed by atoms with Gasteiger partial charge in [-0.3, -0.25) is 9.80 Å². The van der Waals surface area contributed by atoms with Gasteiger partial charge in [0, 0.05) is 85.0 Å². The highest BCUT2D eigenvalue weighted by atomic mass is 35.5. The Morgan fingerprint density at radius 1 is 0.462 bits per heavy atom. The van der Waals surface area contributed by atoms with Gasteiger partial charge in [0.2, 0.25) is 0 Å². The predicted molar refractivity (Wildman–Crippen MR) is 287 cm³/mol. The molecule has 0 amide bonds. The van der Waals surface area contributed by atoms with Crippen LogP contribution in [0.25, 0.3) is 0 Å². The molecular formula is C50H76Cl4N6O3S2. The molecule has 4 aliphatic rings. The van der Waals surface area contributed by atoms with Gasteiger partial charge >= 0.3 is 0 Å². The first-order valence-electron chi connectivity index (χ1n) is 22.3. The minimum absolute atomic E-state index is 0. The summed E-state index contributed by atoms with van der Waals surface area (Å²) in [6.07, 6.45) is 1.60. The van der Waals surface area contributed by atoms with Crippen molar-refractivity contribution in [3.05, 3.63) is 96.1 Å². The Balaban J connectivity index is 0.000000415. The third-order valence-corrected chi connectivity index (χ3v) is 14.8. The summed E-state index contributed by atoms with van der Waals surface area (Å²) in [4.78, 5) is 19.8. The summed E-state index contributed by atoms with van der Waals surface area (Å²) in [5, 5.41) is 19.5. The molecule has 4 aromatic rings. The van der Waals surface area contributed by atoms with Gasteiger partial charge < -0.3 is 35.3 Å². The topological polar surface area (TPSA) is 91.4 Å². The van der Waals surface area contributed by atoms with E-state index in [1.165, 1.54) is 53.5 Å². The van der Waals surface area contributed by atoms with Gasteiger partial charge in [0.15, 0.2) is 0 Å². The molecule has 15 heteroatoms. The lowest BCUT2D eigenvalue weighted by molar-refractivity contribution is -0.0129. The number of fused-ring (bicyclic) bond motifs is 4. The molecule has 0 aromatic heterocycles. The summed E-state index contributed by atoms with van der Waals surface area (Å²) < 4.78 is 0. The van der Waals surface area contributed by atoms with E-state index in [0.29, 0.717) is 0 Å². The van der Waals surface area contributed by atoms with E-state index in [1.807, 2.05) is 37.4 Å². The number of anilines is 4. The van der Waals surface area contributed by atoms with E-state index in [4.69, 9.17) is 0 Å². The van der Waals surface area contributed by atoms with Crippen molar-refractivity contribution in [1.82, 2.24) is 19.6 Å². The number of piperazine rings is 2. The summed E-state index contributed by atoms with van der Waals surface area (Å²) in [5.41, 5.74) is 8.44. The number of para-hydroxylation sites is 2. The van der Waals surface area contributed by atoms with E-state index in [0.717, 1.165) is 91.4 Å². The smallest absolute Gasteiger partial charge is 0.104 e. The van der Waals surface area contributed by atoms with E-state index in [-0.39, 0.29) is 78.4 Å². The lowest BCUT2D eigenvalue weighted by Gasteiger charge is -2.37. The van der Waals surface area contributed by atoms with Crippen molar-refractivity contribution in [3.8, 4) is 0 Å². The van der Waals surface area contributed by atoms with Gasteiger partial charge in [-0.1, -0.05) is 101 Å². The highest BCUT2D eigenvalue weighted by Gasteiger charge is 2.28. The maximum Gasteiger partial charge on any atom is 0.104 e. The van der Waals surface area contributed by atoms with Crippen LogP contribution in [0.3, 0.4) is 0 Å². The van der Waals surface area contributed by atoms with Gasteiger partial charge in [0.1, 0.15) is 12.5 Å². The Hall–Kier alpha value is -1.94. The van der Waals surface area contributed by atoms with Crippen LogP contribution in [0.2, 0.25) is 0 Å². The molecule has 4 N–H and O–H groups in total. The van der Waals surface area contributed by atoms with Gasteiger partial charge in [-0.2, -0.15) is 0 Å². The summed E-state index contributed by atoms with van der Waals surface area (Å²) >= 11 is 3.78. The van der Waals surface area contributed by atoms with Crippen LogP contribution in [0.5, 0.6) is 0 Å². The molecule has 0 bridgehead atoms. The number of aliphatic hydroxyl groups is 2. The van der Waals surface area contributed by atoms with Crippen molar-refractivity contribution in [3.63, 3.8) is 0 Å². The van der Waals surface area contributed by atoms with Crippen molar-refractivity contribution < 1.29 is 15.7 Å². The minimum Gasteiger partial charge on any atom is -0.412 e. The Labute approximate surface area is 424 Å². The fraction of sp³-hybridized carbons (Fsp3) is 0.520. The van der Waals surface area contributed by atoms with Crippen molar-refractivity contribution in [2.45, 2.75) is 111 Å². The number of hydrogen-bond donors (Lipinski definition) is 2. The normalized spacial score (nSPS) is 17.3. The second-order valence-electron chi connectivity index (χ2n) is 19.0. The van der Waals surface area contributed by atoms with Crippen LogP contribution in [0.4, 0.5) is 22.7 Å². The molecule has 364 valence electrons. The first kappa shape index (κ1) is 59.2. The third-order valence-electron chi connectivity index (χ3n) is 12.6. The molecule has 2 fully saturated rings. The second kappa shape index (κ2) is 26.2. The number of aliphatic hydroxyl groups excluding tert-OH is 2. The minimum atomic E-state index is -0.331. The van der Waals surface area contributed by atoms with Gasteiger partial charge in [0.25, 0.3) is 0 Å². The Bertz CT molecular complexity index is 1910. The summed E-state index contributed by atoms with van der Waals surface area (Å²) in [7, 11) is 0. The van der Waals surface area contributed by atoms with Crippen LogP contribution in [0.15, 0.2) is 105 Å². The summed E-state index contributed by atoms with van der Waals surface area (Å²) in [6, 6.07) is 31.6. The largest absolute Gasteiger partial charge is 0.412 e. The van der Waals surface area contributed by atoms with Crippen LogP contribution in [0, 0.1) is 0 Å². The zero-order valence-corrected chi connectivity index (χ0v) is 44.6. The standard InChI is InChI=1S/2C25H35N3OS.4ClH.H2O/c2*1-19(29)27-16-14-26(15-17-27)12-7-13-28-21-8-5-6-9-23(21)30-24-11-10-20(18-22(24)28)25(2,3)4;;;;;/h2*5-6,8-11,18-19,29H,7,12-17H2,1-4H3;4*1H;1H2. The fourth-order valence-corrected chi connectivity index (χ4v) is 10.9. The van der Waals surface area contributed by atoms with E-state index < -0.39 is 0 Å². The van der Waals surface area contributed by atoms with Gasteiger partial charge in [0.05, 0.1) is 22.7 Å². The molecule has 9 nitrogen and oxygen atoms in total. The quantitative estimate of drug-likeness (QED) is 0.160.